The lowest BCUT2D eigenvalue weighted by molar-refractivity contribution is -0.178. The Balaban J connectivity index is 2.63. The number of hydrogen-bond donors (Lipinski definition) is 2. The summed E-state index contributed by atoms with van der Waals surface area (Å²) in [6.07, 6.45) is 3.46. The van der Waals surface area contributed by atoms with Gasteiger partial charge in [-0.2, -0.15) is 0 Å². The van der Waals surface area contributed by atoms with Crippen LogP contribution in [-0.4, -0.2) is 34.5 Å². The van der Waals surface area contributed by atoms with Crippen LogP contribution in [0.3, 0.4) is 0 Å². The van der Waals surface area contributed by atoms with Crippen molar-refractivity contribution < 1.29 is 19.7 Å². The van der Waals surface area contributed by atoms with Crippen LogP contribution in [0.5, 0.6) is 0 Å². The number of carbonyl (C=O) groups is 1. The van der Waals surface area contributed by atoms with Gasteiger partial charge in [0.1, 0.15) is 0 Å². The van der Waals surface area contributed by atoms with Crippen LogP contribution in [0, 0.1) is 5.41 Å². The third-order valence-electron chi connectivity index (χ3n) is 4.19. The zero-order chi connectivity index (χ0) is 13.8. The Kier molecular flexibility index (Phi) is 5.17. The van der Waals surface area contributed by atoms with Crippen molar-refractivity contribution in [2.75, 3.05) is 6.61 Å². The molecule has 4 nitrogen and oxygen atoms in total. The van der Waals surface area contributed by atoms with Gasteiger partial charge < -0.3 is 14.9 Å². The average molecular weight is 258 g/mol. The zero-order valence-electron chi connectivity index (χ0n) is 11.7. The lowest BCUT2D eigenvalue weighted by Gasteiger charge is -2.44. The van der Waals surface area contributed by atoms with Gasteiger partial charge in [0, 0.05) is 0 Å². The van der Waals surface area contributed by atoms with Gasteiger partial charge in [0.15, 0.2) is 0 Å². The molecule has 18 heavy (non-hydrogen) atoms. The molecule has 0 saturated heterocycles. The zero-order valence-corrected chi connectivity index (χ0v) is 11.7. The van der Waals surface area contributed by atoms with Gasteiger partial charge >= 0.3 is 5.97 Å². The molecule has 0 aliphatic heterocycles. The van der Waals surface area contributed by atoms with E-state index < -0.39 is 11.0 Å². The van der Waals surface area contributed by atoms with Crippen molar-refractivity contribution in [3.05, 3.63) is 0 Å². The first-order valence-corrected chi connectivity index (χ1v) is 6.91. The Morgan fingerprint density at radius 2 is 1.94 bits per heavy atom. The maximum atomic E-state index is 12.1. The lowest BCUT2D eigenvalue weighted by atomic mass is 9.66. The van der Waals surface area contributed by atoms with Crippen LogP contribution >= 0.6 is 0 Å². The molecular weight excluding hydrogens is 232 g/mol. The van der Waals surface area contributed by atoms with Gasteiger partial charge in [-0.15, -0.1) is 0 Å². The number of unbranched alkanes of at least 4 members (excludes halogenated alkanes) is 1. The second-order valence-corrected chi connectivity index (χ2v) is 5.88. The van der Waals surface area contributed by atoms with Crippen LogP contribution in [-0.2, 0) is 9.53 Å². The van der Waals surface area contributed by atoms with Crippen LogP contribution in [0.4, 0.5) is 0 Å². The number of ether oxygens (including phenoxy) is 1. The Bertz CT molecular complexity index is 278. The first-order chi connectivity index (χ1) is 8.33. The Morgan fingerprint density at radius 1 is 1.39 bits per heavy atom. The molecule has 106 valence electrons. The van der Waals surface area contributed by atoms with Gasteiger partial charge in [-0.1, -0.05) is 13.3 Å². The van der Waals surface area contributed by atoms with Gasteiger partial charge in [-0.25, -0.2) is 0 Å². The summed E-state index contributed by atoms with van der Waals surface area (Å²) >= 11 is 0. The Labute approximate surface area is 109 Å². The van der Waals surface area contributed by atoms with E-state index in [1.807, 2.05) is 6.92 Å². The Hall–Kier alpha value is -0.610. The second-order valence-electron chi connectivity index (χ2n) is 5.88. The highest BCUT2D eigenvalue weighted by molar-refractivity contribution is 5.77. The molecule has 1 fully saturated rings. The van der Waals surface area contributed by atoms with E-state index in [4.69, 9.17) is 4.74 Å². The average Bonchev–Trinajstić information content (AvgIpc) is 2.33. The molecule has 1 saturated carbocycles. The third-order valence-corrected chi connectivity index (χ3v) is 4.19. The predicted molar refractivity (Wildman–Crippen MR) is 69.1 cm³/mol. The van der Waals surface area contributed by atoms with E-state index in [2.05, 4.69) is 0 Å². The summed E-state index contributed by atoms with van der Waals surface area (Å²) in [5.74, 6) is -0.338. The van der Waals surface area contributed by atoms with Crippen molar-refractivity contribution in [3.8, 4) is 0 Å². The first-order valence-electron chi connectivity index (χ1n) is 6.91. The number of rotatable bonds is 5. The molecule has 1 rings (SSSR count). The van der Waals surface area contributed by atoms with Crippen molar-refractivity contribution >= 4 is 5.97 Å². The van der Waals surface area contributed by atoms with Crippen LogP contribution in [0.15, 0.2) is 0 Å². The Morgan fingerprint density at radius 3 is 2.44 bits per heavy atom. The molecule has 0 atom stereocenters. The molecule has 0 radical (unpaired) electrons. The molecule has 2 N–H and O–H groups in total. The van der Waals surface area contributed by atoms with E-state index in [0.29, 0.717) is 32.3 Å². The van der Waals surface area contributed by atoms with Crippen molar-refractivity contribution in [1.29, 1.82) is 0 Å². The molecule has 0 aromatic rings. The first kappa shape index (κ1) is 15.4. The summed E-state index contributed by atoms with van der Waals surface area (Å²) in [7, 11) is 0. The van der Waals surface area contributed by atoms with E-state index in [9.17, 15) is 15.0 Å². The second kappa shape index (κ2) is 6.02. The summed E-state index contributed by atoms with van der Waals surface area (Å²) < 4.78 is 5.23. The van der Waals surface area contributed by atoms with Crippen LogP contribution in [0.2, 0.25) is 0 Å². The van der Waals surface area contributed by atoms with Crippen molar-refractivity contribution in [2.24, 2.45) is 5.41 Å². The van der Waals surface area contributed by atoms with E-state index >= 15 is 0 Å². The highest BCUT2D eigenvalue weighted by Gasteiger charge is 2.51. The highest BCUT2D eigenvalue weighted by atomic mass is 16.5. The largest absolute Gasteiger partial charge is 0.465 e. The SMILES string of the molecule is CCCCOC(=O)C(C)(C)C1(O)CCC(O)CC1. The van der Waals surface area contributed by atoms with Gasteiger partial charge in [0.2, 0.25) is 0 Å². The van der Waals surface area contributed by atoms with Crippen molar-refractivity contribution in [1.82, 2.24) is 0 Å². The molecular formula is C14H26O4. The molecule has 0 heterocycles. The fraction of sp³-hybridized carbons (Fsp3) is 0.929. The third kappa shape index (κ3) is 3.23. The van der Waals surface area contributed by atoms with Crippen LogP contribution in [0.25, 0.3) is 0 Å². The minimum atomic E-state index is -1.06. The highest BCUT2D eigenvalue weighted by Crippen LogP contribution is 2.43. The van der Waals surface area contributed by atoms with Crippen molar-refractivity contribution in [2.45, 2.75) is 71.0 Å². The predicted octanol–water partition coefficient (Wildman–Crippen LogP) is 2.02. The molecule has 0 aromatic heterocycles. The molecule has 1 aliphatic carbocycles. The molecule has 0 amide bonds. The number of esters is 1. The minimum Gasteiger partial charge on any atom is -0.465 e. The van der Waals surface area contributed by atoms with Gasteiger partial charge in [0.25, 0.3) is 0 Å². The fourth-order valence-electron chi connectivity index (χ4n) is 2.38. The maximum absolute atomic E-state index is 12.1. The molecule has 0 bridgehead atoms. The van der Waals surface area contributed by atoms with Crippen LogP contribution < -0.4 is 0 Å². The number of carbonyl (C=O) groups excluding carboxylic acids is 1. The van der Waals surface area contributed by atoms with Gasteiger partial charge in [-0.05, 0) is 46.0 Å². The standard InChI is InChI=1S/C14H26O4/c1-4-5-10-18-12(16)13(2,3)14(17)8-6-11(15)7-9-14/h11,15,17H,4-10H2,1-3H3. The van der Waals surface area contributed by atoms with E-state index in [-0.39, 0.29) is 12.1 Å². The monoisotopic (exact) mass is 258 g/mol. The number of hydrogen-bond acceptors (Lipinski definition) is 4. The maximum Gasteiger partial charge on any atom is 0.314 e. The topological polar surface area (TPSA) is 66.8 Å². The smallest absolute Gasteiger partial charge is 0.314 e. The minimum absolute atomic E-state index is 0.338. The van der Waals surface area contributed by atoms with Crippen molar-refractivity contribution in [3.63, 3.8) is 0 Å². The van der Waals surface area contributed by atoms with E-state index in [0.717, 1.165) is 12.8 Å². The van der Waals surface area contributed by atoms with Gasteiger partial charge in [-0.3, -0.25) is 4.79 Å². The van der Waals surface area contributed by atoms with Crippen LogP contribution in [0.1, 0.15) is 59.3 Å². The summed E-state index contributed by atoms with van der Waals surface area (Å²) in [6.45, 7) is 5.92. The number of aliphatic hydroxyl groups excluding tert-OH is 1. The normalized spacial score (nSPS) is 29.1. The number of aliphatic hydroxyl groups is 2. The quantitative estimate of drug-likeness (QED) is 0.585. The van der Waals surface area contributed by atoms with E-state index in [1.54, 1.807) is 13.8 Å². The molecule has 0 spiro atoms. The molecule has 0 aromatic carbocycles. The molecule has 1 aliphatic rings. The lowest BCUT2D eigenvalue weighted by Crippen LogP contribution is -2.52. The summed E-state index contributed by atoms with van der Waals surface area (Å²) in [4.78, 5) is 12.1. The fourth-order valence-corrected chi connectivity index (χ4v) is 2.38. The summed E-state index contributed by atoms with van der Waals surface area (Å²) in [5, 5.41) is 20.1. The summed E-state index contributed by atoms with van der Waals surface area (Å²) in [6, 6.07) is 0. The molecule has 0 unspecified atom stereocenters. The van der Waals surface area contributed by atoms with E-state index in [1.165, 1.54) is 0 Å². The summed E-state index contributed by atoms with van der Waals surface area (Å²) in [5.41, 5.74) is -1.98. The molecule has 4 heteroatoms. The van der Waals surface area contributed by atoms with Gasteiger partial charge in [0.05, 0.1) is 23.7 Å².